The van der Waals surface area contributed by atoms with Crippen LogP contribution in [0.2, 0.25) is 0 Å². The summed E-state index contributed by atoms with van der Waals surface area (Å²) >= 11 is 0. The van der Waals surface area contributed by atoms with Crippen molar-refractivity contribution in [3.8, 4) is 0 Å². The second kappa shape index (κ2) is 9.80. The van der Waals surface area contributed by atoms with Gasteiger partial charge in [-0.2, -0.15) is 0 Å². The summed E-state index contributed by atoms with van der Waals surface area (Å²) in [7, 11) is -3.29. The number of piperidine rings is 1. The fourth-order valence-electron chi connectivity index (χ4n) is 3.89. The lowest BCUT2D eigenvalue weighted by molar-refractivity contribution is 0.0967. The molecule has 4 nitrogen and oxygen atoms in total. The van der Waals surface area contributed by atoms with Gasteiger partial charge in [0.1, 0.15) is 5.44 Å². The average Bonchev–Trinajstić information content (AvgIpc) is 2.85. The molecular weight excluding hydrogens is 403 g/mol. The van der Waals surface area contributed by atoms with Crippen molar-refractivity contribution in [2.75, 3.05) is 13.1 Å². The van der Waals surface area contributed by atoms with Crippen LogP contribution < -0.4 is 15.9 Å². The minimum atomic E-state index is -3.29. The molecule has 31 heavy (non-hydrogen) atoms. The lowest BCUT2D eigenvalue weighted by atomic mass is 10.1. The molecule has 0 bridgehead atoms. The van der Waals surface area contributed by atoms with Crippen LogP contribution in [0.15, 0.2) is 103 Å². The molecule has 1 saturated heterocycles. The van der Waals surface area contributed by atoms with E-state index in [9.17, 15) is 9.36 Å². The molecule has 158 valence electrons. The van der Waals surface area contributed by atoms with E-state index < -0.39 is 7.14 Å². The number of nitrogens with one attached hydrogen (secondary N) is 1. The number of benzene rings is 3. The topological polar surface area (TPSA) is 49.4 Å². The van der Waals surface area contributed by atoms with Crippen molar-refractivity contribution in [1.29, 1.82) is 0 Å². The van der Waals surface area contributed by atoms with Crippen molar-refractivity contribution in [3.05, 3.63) is 108 Å². The SMILES string of the molecule is O=C(N/C(=C\N1CCCCC1)P(=O)(c1ccccc1)c1ccccc1)c1ccccc1. The van der Waals surface area contributed by atoms with E-state index in [1.54, 1.807) is 12.1 Å². The van der Waals surface area contributed by atoms with E-state index in [4.69, 9.17) is 0 Å². The van der Waals surface area contributed by atoms with Gasteiger partial charge in [-0.3, -0.25) is 4.79 Å². The Hall–Kier alpha value is -3.10. The quantitative estimate of drug-likeness (QED) is 0.576. The summed E-state index contributed by atoms with van der Waals surface area (Å²) in [4.78, 5) is 15.3. The highest BCUT2D eigenvalue weighted by molar-refractivity contribution is 7.82. The van der Waals surface area contributed by atoms with Crippen molar-refractivity contribution in [1.82, 2.24) is 10.2 Å². The van der Waals surface area contributed by atoms with Crippen molar-refractivity contribution in [2.45, 2.75) is 19.3 Å². The zero-order valence-electron chi connectivity index (χ0n) is 17.5. The zero-order chi connectivity index (χ0) is 21.5. The maximum absolute atomic E-state index is 14.8. The Kier molecular flexibility index (Phi) is 6.69. The van der Waals surface area contributed by atoms with Crippen LogP contribution in [0.3, 0.4) is 0 Å². The van der Waals surface area contributed by atoms with Gasteiger partial charge in [0.15, 0.2) is 7.14 Å². The molecule has 1 aliphatic rings. The first-order valence-electron chi connectivity index (χ1n) is 10.7. The van der Waals surface area contributed by atoms with E-state index in [0.717, 1.165) is 25.9 Å². The zero-order valence-corrected chi connectivity index (χ0v) is 18.4. The molecule has 3 aromatic carbocycles. The van der Waals surface area contributed by atoms with E-state index in [-0.39, 0.29) is 5.91 Å². The van der Waals surface area contributed by atoms with Crippen LogP contribution >= 0.6 is 7.14 Å². The number of hydrogen-bond acceptors (Lipinski definition) is 3. The summed E-state index contributed by atoms with van der Waals surface area (Å²) in [5, 5.41) is 4.45. The molecule has 5 heteroatoms. The maximum Gasteiger partial charge on any atom is 0.255 e. The van der Waals surface area contributed by atoms with Crippen LogP contribution in [0.5, 0.6) is 0 Å². The van der Waals surface area contributed by atoms with E-state index in [0.29, 0.717) is 21.6 Å². The molecule has 3 aromatic rings. The molecule has 0 radical (unpaired) electrons. The number of nitrogens with zero attached hydrogens (tertiary/aromatic N) is 1. The molecule has 0 aliphatic carbocycles. The molecule has 1 heterocycles. The number of rotatable bonds is 6. The van der Waals surface area contributed by atoms with Gasteiger partial charge < -0.3 is 14.8 Å². The third-order valence-electron chi connectivity index (χ3n) is 5.55. The minimum absolute atomic E-state index is 0.254. The summed E-state index contributed by atoms with van der Waals surface area (Å²) in [5.41, 5.74) is 1.00. The molecule has 1 N–H and O–H groups in total. The first-order chi connectivity index (χ1) is 15.2. The molecule has 4 rings (SSSR count). The largest absolute Gasteiger partial charge is 0.376 e. The molecule has 1 amide bonds. The highest BCUT2D eigenvalue weighted by Crippen LogP contribution is 2.50. The molecule has 1 fully saturated rings. The van der Waals surface area contributed by atoms with Crippen LogP contribution in [0.1, 0.15) is 29.6 Å². The summed E-state index contributed by atoms with van der Waals surface area (Å²) in [6.07, 6.45) is 5.31. The predicted octanol–water partition coefficient (Wildman–Crippen LogP) is 4.72. The molecule has 0 saturated carbocycles. The maximum atomic E-state index is 14.8. The summed E-state index contributed by atoms with van der Waals surface area (Å²) in [6, 6.07) is 28.0. The standard InChI is InChI=1S/C26H27N2O2P/c29-26(22-13-5-1-6-14-22)27-25(21-28-19-11-4-12-20-28)31(30,23-15-7-2-8-16-23)24-17-9-3-10-18-24/h1-3,5-10,13-18,21H,4,11-12,19-20H2,(H,27,29)/b25-21+. The Morgan fingerprint density at radius 2 is 1.23 bits per heavy atom. The Morgan fingerprint density at radius 3 is 1.74 bits per heavy atom. The van der Waals surface area contributed by atoms with Gasteiger partial charge in [0.05, 0.1) is 0 Å². The number of amides is 1. The molecule has 0 atom stereocenters. The molecule has 0 spiro atoms. The van der Waals surface area contributed by atoms with Gasteiger partial charge in [0.2, 0.25) is 0 Å². The van der Waals surface area contributed by atoms with Crippen molar-refractivity contribution in [3.63, 3.8) is 0 Å². The van der Waals surface area contributed by atoms with Gasteiger partial charge in [-0.25, -0.2) is 0 Å². The van der Waals surface area contributed by atoms with Crippen molar-refractivity contribution in [2.24, 2.45) is 0 Å². The number of likely N-dealkylation sites (tertiary alicyclic amines) is 1. The van der Waals surface area contributed by atoms with E-state index in [2.05, 4.69) is 10.2 Å². The third kappa shape index (κ3) is 4.81. The fraction of sp³-hybridized carbons (Fsp3) is 0.192. The van der Waals surface area contributed by atoms with Crippen molar-refractivity contribution < 1.29 is 9.36 Å². The fourth-order valence-corrected chi connectivity index (χ4v) is 6.52. The van der Waals surface area contributed by atoms with Gasteiger partial charge in [-0.05, 0) is 31.4 Å². The first-order valence-corrected chi connectivity index (χ1v) is 12.4. The first kappa shape index (κ1) is 21.1. The van der Waals surface area contributed by atoms with Crippen LogP contribution in [0, 0.1) is 0 Å². The number of hydrogen-bond donors (Lipinski definition) is 1. The Bertz CT molecular complexity index is 1030. The average molecular weight is 430 g/mol. The minimum Gasteiger partial charge on any atom is -0.376 e. The molecule has 0 aromatic heterocycles. The van der Waals surface area contributed by atoms with Crippen LogP contribution in [-0.2, 0) is 4.57 Å². The smallest absolute Gasteiger partial charge is 0.255 e. The second-order valence-electron chi connectivity index (χ2n) is 7.71. The van der Waals surface area contributed by atoms with Crippen molar-refractivity contribution >= 4 is 23.7 Å². The van der Waals surface area contributed by atoms with Crippen LogP contribution in [0.25, 0.3) is 0 Å². The number of carbonyl (C=O) groups is 1. The van der Waals surface area contributed by atoms with Gasteiger partial charge in [0, 0.05) is 35.5 Å². The normalized spacial score (nSPS) is 14.8. The monoisotopic (exact) mass is 430 g/mol. The lowest BCUT2D eigenvalue weighted by Gasteiger charge is -2.29. The Labute approximate surface area is 184 Å². The van der Waals surface area contributed by atoms with Gasteiger partial charge in [-0.15, -0.1) is 0 Å². The van der Waals surface area contributed by atoms with Gasteiger partial charge in [-0.1, -0.05) is 78.9 Å². The molecule has 0 unspecified atom stereocenters. The van der Waals surface area contributed by atoms with E-state index in [1.165, 1.54) is 6.42 Å². The summed E-state index contributed by atoms with van der Waals surface area (Å²) < 4.78 is 14.8. The third-order valence-corrected chi connectivity index (χ3v) is 8.51. The lowest BCUT2D eigenvalue weighted by Crippen LogP contribution is -2.32. The van der Waals surface area contributed by atoms with Crippen LogP contribution in [-0.4, -0.2) is 23.9 Å². The molecule has 1 aliphatic heterocycles. The Balaban J connectivity index is 1.83. The summed E-state index contributed by atoms with van der Waals surface area (Å²) in [5.74, 6) is -0.254. The summed E-state index contributed by atoms with van der Waals surface area (Å²) in [6.45, 7) is 1.79. The van der Waals surface area contributed by atoms with Gasteiger partial charge >= 0.3 is 0 Å². The predicted molar refractivity (Wildman–Crippen MR) is 127 cm³/mol. The van der Waals surface area contributed by atoms with E-state index in [1.807, 2.05) is 85.1 Å². The van der Waals surface area contributed by atoms with Crippen LogP contribution in [0.4, 0.5) is 0 Å². The Morgan fingerprint density at radius 1 is 0.742 bits per heavy atom. The second-order valence-corrected chi connectivity index (χ2v) is 10.4. The highest BCUT2D eigenvalue weighted by atomic mass is 31.2. The van der Waals surface area contributed by atoms with Gasteiger partial charge in [0.25, 0.3) is 5.91 Å². The van der Waals surface area contributed by atoms with E-state index >= 15 is 0 Å². The number of carbonyl (C=O) groups excluding carboxylic acids is 1. The highest BCUT2D eigenvalue weighted by Gasteiger charge is 2.34. The molecular formula is C26H27N2O2P.